The normalized spacial score (nSPS) is 20.6. The number of aromatic nitrogens is 1. The quantitative estimate of drug-likeness (QED) is 0.891. The van der Waals surface area contributed by atoms with Gasteiger partial charge in [-0.05, 0) is 64.2 Å². The largest absolute Gasteiger partial charge is 0.444 e. The topological polar surface area (TPSA) is 65.9 Å². The molecule has 0 aliphatic carbocycles. The molecule has 0 atom stereocenters. The summed E-state index contributed by atoms with van der Waals surface area (Å²) in [5, 5.41) is 11.1. The summed E-state index contributed by atoms with van der Waals surface area (Å²) in [7, 11) is 0. The van der Waals surface area contributed by atoms with E-state index < -0.39 is 11.2 Å². The molecule has 0 radical (unpaired) electrons. The fourth-order valence-corrected chi connectivity index (χ4v) is 3.50. The summed E-state index contributed by atoms with van der Waals surface area (Å²) in [6.07, 6.45) is 4.89. The molecule has 1 amide bonds. The molecule has 1 N–H and O–H groups in total. The molecule has 6 nitrogen and oxygen atoms in total. The predicted octanol–water partition coefficient (Wildman–Crippen LogP) is 2.90. The Morgan fingerprint density at radius 2 is 1.84 bits per heavy atom. The lowest BCUT2D eigenvalue weighted by Crippen LogP contribution is -2.46. The highest BCUT2D eigenvalue weighted by atomic mass is 16.6. The molecule has 3 heterocycles. The third kappa shape index (κ3) is 4.24. The summed E-state index contributed by atoms with van der Waals surface area (Å²) in [6.45, 7) is 8.63. The Labute approximate surface area is 149 Å². The minimum atomic E-state index is -0.907. The van der Waals surface area contributed by atoms with Crippen molar-refractivity contribution in [3.05, 3.63) is 23.9 Å². The average molecular weight is 347 g/mol. The summed E-state index contributed by atoms with van der Waals surface area (Å²) in [4.78, 5) is 20.6. The first-order valence-electron chi connectivity index (χ1n) is 9.19. The number of hydrogen-bond acceptors (Lipinski definition) is 5. The number of hydrogen-bond donors (Lipinski definition) is 1. The first-order valence-corrected chi connectivity index (χ1v) is 9.19. The summed E-state index contributed by atoms with van der Waals surface area (Å²) < 4.78 is 5.43. The number of anilines is 1. The van der Waals surface area contributed by atoms with Crippen LogP contribution in [0, 0.1) is 0 Å². The van der Waals surface area contributed by atoms with E-state index in [9.17, 15) is 9.90 Å². The Balaban J connectivity index is 1.66. The first-order chi connectivity index (χ1) is 11.8. The molecule has 25 heavy (non-hydrogen) atoms. The molecule has 1 aromatic heterocycles. The van der Waals surface area contributed by atoms with Crippen LogP contribution in [0.2, 0.25) is 0 Å². The number of aliphatic hydroxyl groups is 1. The lowest BCUT2D eigenvalue weighted by atomic mass is 9.85. The molecule has 0 bridgehead atoms. The highest BCUT2D eigenvalue weighted by Crippen LogP contribution is 2.34. The van der Waals surface area contributed by atoms with Gasteiger partial charge in [-0.25, -0.2) is 9.78 Å². The third-order valence-electron chi connectivity index (χ3n) is 4.96. The van der Waals surface area contributed by atoms with Crippen molar-refractivity contribution in [2.24, 2.45) is 0 Å². The number of piperidine rings is 1. The van der Waals surface area contributed by atoms with Gasteiger partial charge in [-0.3, -0.25) is 0 Å². The zero-order valence-corrected chi connectivity index (χ0v) is 15.5. The smallest absolute Gasteiger partial charge is 0.410 e. The second-order valence-corrected chi connectivity index (χ2v) is 8.10. The van der Waals surface area contributed by atoms with Crippen LogP contribution in [0.3, 0.4) is 0 Å². The SMILES string of the molecule is CC(C)(C)OC(=O)N1CCC(O)(c2ccnc(N3CCCC3)c2)CC1. The molecular weight excluding hydrogens is 318 g/mol. The van der Waals surface area contributed by atoms with Crippen LogP contribution in [0.1, 0.15) is 52.0 Å². The zero-order valence-electron chi connectivity index (χ0n) is 15.5. The van der Waals surface area contributed by atoms with Crippen molar-refractivity contribution in [1.82, 2.24) is 9.88 Å². The van der Waals surface area contributed by atoms with E-state index in [1.807, 2.05) is 32.9 Å². The Morgan fingerprint density at radius 3 is 2.44 bits per heavy atom. The predicted molar refractivity (Wildman–Crippen MR) is 96.6 cm³/mol. The Hall–Kier alpha value is -1.82. The van der Waals surface area contributed by atoms with Gasteiger partial charge >= 0.3 is 6.09 Å². The number of nitrogens with zero attached hydrogens (tertiary/aromatic N) is 3. The van der Waals surface area contributed by atoms with Crippen LogP contribution < -0.4 is 4.90 Å². The van der Waals surface area contributed by atoms with Gasteiger partial charge in [0, 0.05) is 32.4 Å². The van der Waals surface area contributed by atoms with Crippen LogP contribution in [-0.2, 0) is 10.3 Å². The maximum atomic E-state index is 12.2. The van der Waals surface area contributed by atoms with Gasteiger partial charge in [0.1, 0.15) is 11.4 Å². The number of rotatable bonds is 2. The monoisotopic (exact) mass is 347 g/mol. The van der Waals surface area contributed by atoms with Crippen molar-refractivity contribution in [2.45, 2.75) is 57.7 Å². The Bertz CT molecular complexity index is 613. The van der Waals surface area contributed by atoms with Crippen molar-refractivity contribution in [1.29, 1.82) is 0 Å². The number of ether oxygens (including phenoxy) is 1. The zero-order chi connectivity index (χ0) is 18.1. The molecule has 2 saturated heterocycles. The number of carbonyl (C=O) groups is 1. The number of likely N-dealkylation sites (tertiary alicyclic amines) is 1. The van der Waals surface area contributed by atoms with Crippen LogP contribution in [-0.4, -0.2) is 52.9 Å². The van der Waals surface area contributed by atoms with Gasteiger partial charge in [-0.1, -0.05) is 0 Å². The van der Waals surface area contributed by atoms with Gasteiger partial charge in [0.2, 0.25) is 0 Å². The average Bonchev–Trinajstić information content (AvgIpc) is 3.08. The van der Waals surface area contributed by atoms with Crippen molar-refractivity contribution < 1.29 is 14.6 Å². The molecular formula is C19H29N3O3. The molecule has 0 saturated carbocycles. The van der Waals surface area contributed by atoms with Crippen molar-refractivity contribution in [2.75, 3.05) is 31.1 Å². The van der Waals surface area contributed by atoms with Crippen LogP contribution in [0.5, 0.6) is 0 Å². The number of carbonyl (C=O) groups excluding carboxylic acids is 1. The van der Waals surface area contributed by atoms with E-state index in [4.69, 9.17) is 4.74 Å². The standard InChI is InChI=1S/C19H29N3O3/c1-18(2,3)25-17(23)22-12-7-19(24,8-13-22)15-6-9-20-16(14-15)21-10-4-5-11-21/h6,9,14,24H,4-5,7-8,10-13H2,1-3H3. The van der Waals surface area contributed by atoms with E-state index in [1.54, 1.807) is 11.1 Å². The van der Waals surface area contributed by atoms with Crippen molar-refractivity contribution >= 4 is 11.9 Å². The van der Waals surface area contributed by atoms with E-state index in [1.165, 1.54) is 12.8 Å². The van der Waals surface area contributed by atoms with Gasteiger partial charge < -0.3 is 19.6 Å². The summed E-state index contributed by atoms with van der Waals surface area (Å²) >= 11 is 0. The first kappa shape index (κ1) is 18.0. The molecule has 2 aliphatic rings. The van der Waals surface area contributed by atoms with E-state index in [2.05, 4.69) is 9.88 Å². The lowest BCUT2D eigenvalue weighted by molar-refractivity contribution is -0.0356. The third-order valence-corrected chi connectivity index (χ3v) is 4.96. The maximum absolute atomic E-state index is 12.2. The minimum absolute atomic E-state index is 0.304. The van der Waals surface area contributed by atoms with E-state index in [-0.39, 0.29) is 6.09 Å². The van der Waals surface area contributed by atoms with Crippen LogP contribution in [0.15, 0.2) is 18.3 Å². The van der Waals surface area contributed by atoms with Gasteiger partial charge in [-0.2, -0.15) is 0 Å². The number of amides is 1. The summed E-state index contributed by atoms with van der Waals surface area (Å²) in [5.74, 6) is 0.943. The number of pyridine rings is 1. The maximum Gasteiger partial charge on any atom is 0.410 e. The van der Waals surface area contributed by atoms with Crippen LogP contribution in [0.25, 0.3) is 0 Å². The van der Waals surface area contributed by atoms with Crippen molar-refractivity contribution in [3.8, 4) is 0 Å². The van der Waals surface area contributed by atoms with E-state index in [0.29, 0.717) is 25.9 Å². The Morgan fingerprint density at radius 1 is 1.20 bits per heavy atom. The van der Waals surface area contributed by atoms with Gasteiger partial charge in [0.05, 0.1) is 5.60 Å². The lowest BCUT2D eigenvalue weighted by Gasteiger charge is -2.39. The fraction of sp³-hybridized carbons (Fsp3) is 0.684. The highest BCUT2D eigenvalue weighted by molar-refractivity contribution is 5.68. The van der Waals surface area contributed by atoms with Gasteiger partial charge in [0.15, 0.2) is 0 Å². The van der Waals surface area contributed by atoms with E-state index in [0.717, 1.165) is 24.5 Å². The van der Waals surface area contributed by atoms with Gasteiger partial charge in [0.25, 0.3) is 0 Å². The fourth-order valence-electron chi connectivity index (χ4n) is 3.50. The molecule has 138 valence electrons. The highest BCUT2D eigenvalue weighted by Gasteiger charge is 2.37. The summed E-state index contributed by atoms with van der Waals surface area (Å²) in [5.41, 5.74) is -0.510. The van der Waals surface area contributed by atoms with Crippen LogP contribution >= 0.6 is 0 Å². The minimum Gasteiger partial charge on any atom is -0.444 e. The molecule has 0 aromatic carbocycles. The molecule has 2 aliphatic heterocycles. The molecule has 0 unspecified atom stereocenters. The molecule has 3 rings (SSSR count). The second-order valence-electron chi connectivity index (χ2n) is 8.10. The van der Waals surface area contributed by atoms with Gasteiger partial charge in [-0.15, -0.1) is 0 Å². The summed E-state index contributed by atoms with van der Waals surface area (Å²) in [6, 6.07) is 3.90. The van der Waals surface area contributed by atoms with E-state index >= 15 is 0 Å². The van der Waals surface area contributed by atoms with Crippen LogP contribution in [0.4, 0.5) is 10.6 Å². The molecule has 0 spiro atoms. The molecule has 2 fully saturated rings. The molecule has 6 heteroatoms. The van der Waals surface area contributed by atoms with Crippen molar-refractivity contribution in [3.63, 3.8) is 0 Å². The second kappa shape index (κ2) is 6.83. The Kier molecular flexibility index (Phi) is 4.91. The molecule has 1 aromatic rings.